The van der Waals surface area contributed by atoms with Crippen molar-refractivity contribution < 1.29 is 4.39 Å². The number of hydrogen-bond acceptors (Lipinski definition) is 2. The van der Waals surface area contributed by atoms with Crippen LogP contribution in [0.2, 0.25) is 10.0 Å². The van der Waals surface area contributed by atoms with E-state index in [0.717, 1.165) is 37.2 Å². The van der Waals surface area contributed by atoms with Gasteiger partial charge in [0.15, 0.2) is 0 Å². The van der Waals surface area contributed by atoms with Gasteiger partial charge in [0, 0.05) is 37.1 Å². The molecule has 0 aliphatic rings. The van der Waals surface area contributed by atoms with Crippen molar-refractivity contribution in [3.05, 3.63) is 99.1 Å². The SMILES string of the molecule is C=C(N)c1cccc(-c2ccc(Cl)c3cc(Cc4cc(F)cc(Cl)c4)sc23)c1. The van der Waals surface area contributed by atoms with Gasteiger partial charge in [0.2, 0.25) is 0 Å². The van der Waals surface area contributed by atoms with Gasteiger partial charge < -0.3 is 5.73 Å². The standard InChI is InChI=1S/C23H16Cl2FNS/c1-13(27)15-3-2-4-16(10-15)20-5-6-22(25)21-12-19(28-23(20)21)9-14-7-17(24)11-18(26)8-14/h2-8,10-12H,1,9,27H2. The van der Waals surface area contributed by atoms with E-state index in [2.05, 4.69) is 12.6 Å². The largest absolute Gasteiger partial charge is 0.399 e. The number of thiophene rings is 1. The first-order valence-electron chi connectivity index (χ1n) is 8.62. The summed E-state index contributed by atoms with van der Waals surface area (Å²) < 4.78 is 14.8. The maximum atomic E-state index is 13.7. The van der Waals surface area contributed by atoms with Gasteiger partial charge >= 0.3 is 0 Å². The molecule has 0 atom stereocenters. The number of nitrogens with two attached hydrogens (primary N) is 1. The Morgan fingerprint density at radius 2 is 1.86 bits per heavy atom. The van der Waals surface area contributed by atoms with Gasteiger partial charge in [-0.1, -0.05) is 54.0 Å². The molecule has 0 unspecified atom stereocenters. The second-order valence-corrected chi connectivity index (χ2v) is 8.59. The van der Waals surface area contributed by atoms with Gasteiger partial charge in [-0.25, -0.2) is 4.39 Å². The topological polar surface area (TPSA) is 26.0 Å². The number of fused-ring (bicyclic) bond motifs is 1. The van der Waals surface area contributed by atoms with E-state index in [0.29, 0.717) is 22.2 Å². The van der Waals surface area contributed by atoms with Gasteiger partial charge in [-0.15, -0.1) is 11.3 Å². The van der Waals surface area contributed by atoms with Gasteiger partial charge in [0.05, 0.1) is 0 Å². The van der Waals surface area contributed by atoms with Crippen molar-refractivity contribution in [2.45, 2.75) is 6.42 Å². The minimum Gasteiger partial charge on any atom is -0.399 e. The first kappa shape index (κ1) is 19.0. The molecule has 0 fully saturated rings. The van der Waals surface area contributed by atoms with E-state index in [4.69, 9.17) is 28.9 Å². The first-order chi connectivity index (χ1) is 13.4. The third kappa shape index (κ3) is 3.79. The first-order valence-corrected chi connectivity index (χ1v) is 10.2. The quantitative estimate of drug-likeness (QED) is 0.357. The van der Waals surface area contributed by atoms with Crippen molar-refractivity contribution in [1.29, 1.82) is 0 Å². The zero-order valence-corrected chi connectivity index (χ0v) is 17.1. The van der Waals surface area contributed by atoms with Crippen LogP contribution in [0.4, 0.5) is 4.39 Å². The van der Waals surface area contributed by atoms with Crippen LogP contribution < -0.4 is 5.73 Å². The Labute approximate surface area is 176 Å². The van der Waals surface area contributed by atoms with Crippen molar-refractivity contribution in [2.75, 3.05) is 0 Å². The molecule has 0 saturated carbocycles. The lowest BCUT2D eigenvalue weighted by atomic mass is 10.0. The lowest BCUT2D eigenvalue weighted by Crippen LogP contribution is -1.93. The smallest absolute Gasteiger partial charge is 0.124 e. The Morgan fingerprint density at radius 1 is 1.04 bits per heavy atom. The van der Waals surface area contributed by atoms with Gasteiger partial charge in [0.25, 0.3) is 0 Å². The molecule has 0 radical (unpaired) electrons. The summed E-state index contributed by atoms with van der Waals surface area (Å²) in [5, 5.41) is 2.07. The monoisotopic (exact) mass is 427 g/mol. The van der Waals surface area contributed by atoms with Gasteiger partial charge in [-0.3, -0.25) is 0 Å². The van der Waals surface area contributed by atoms with E-state index in [1.807, 2.05) is 36.4 Å². The van der Waals surface area contributed by atoms with Gasteiger partial charge in [-0.2, -0.15) is 0 Å². The minimum absolute atomic E-state index is 0.332. The lowest BCUT2D eigenvalue weighted by Gasteiger charge is -2.07. The van der Waals surface area contributed by atoms with Crippen LogP contribution in [0.5, 0.6) is 0 Å². The fraction of sp³-hybridized carbons (Fsp3) is 0.0435. The Kier molecular flexibility index (Phi) is 5.15. The number of benzene rings is 3. The van der Waals surface area contributed by atoms with Gasteiger partial charge in [-0.05, 0) is 58.7 Å². The van der Waals surface area contributed by atoms with Crippen LogP contribution in [0, 0.1) is 5.82 Å². The van der Waals surface area contributed by atoms with Crippen LogP contribution >= 0.6 is 34.5 Å². The molecule has 0 amide bonds. The summed E-state index contributed by atoms with van der Waals surface area (Å²) in [6.45, 7) is 3.82. The molecule has 4 aromatic rings. The maximum absolute atomic E-state index is 13.7. The minimum atomic E-state index is -0.332. The highest BCUT2D eigenvalue weighted by Gasteiger charge is 2.13. The van der Waals surface area contributed by atoms with Crippen molar-refractivity contribution in [1.82, 2.24) is 0 Å². The van der Waals surface area contributed by atoms with Crippen LogP contribution in [-0.4, -0.2) is 0 Å². The average molecular weight is 428 g/mol. The number of rotatable bonds is 4. The summed E-state index contributed by atoms with van der Waals surface area (Å²) in [6.07, 6.45) is 0.590. The highest BCUT2D eigenvalue weighted by atomic mass is 35.5. The van der Waals surface area contributed by atoms with E-state index in [1.54, 1.807) is 17.4 Å². The molecular weight excluding hydrogens is 412 g/mol. The van der Waals surface area contributed by atoms with Crippen molar-refractivity contribution in [2.24, 2.45) is 5.73 Å². The lowest BCUT2D eigenvalue weighted by molar-refractivity contribution is 0.626. The zero-order chi connectivity index (χ0) is 19.8. The summed E-state index contributed by atoms with van der Waals surface area (Å²) in [4.78, 5) is 1.09. The molecule has 1 aromatic heterocycles. The molecule has 0 aliphatic heterocycles. The molecule has 0 aliphatic carbocycles. The summed E-state index contributed by atoms with van der Waals surface area (Å²) in [7, 11) is 0. The Morgan fingerprint density at radius 3 is 2.61 bits per heavy atom. The van der Waals surface area contributed by atoms with Crippen molar-refractivity contribution in [3.8, 4) is 11.1 Å². The summed E-state index contributed by atoms with van der Waals surface area (Å²) >= 11 is 14.1. The number of hydrogen-bond donors (Lipinski definition) is 1. The highest BCUT2D eigenvalue weighted by Crippen LogP contribution is 2.40. The Balaban J connectivity index is 1.81. The third-order valence-corrected chi connectivity index (χ3v) is 6.24. The molecule has 5 heteroatoms. The van der Waals surface area contributed by atoms with E-state index in [-0.39, 0.29) is 5.82 Å². The molecule has 0 bridgehead atoms. The molecule has 2 N–H and O–H groups in total. The Hall–Kier alpha value is -2.33. The Bertz CT molecular complexity index is 1190. The third-order valence-electron chi connectivity index (χ3n) is 4.53. The molecule has 1 nitrogen and oxygen atoms in total. The van der Waals surface area contributed by atoms with E-state index >= 15 is 0 Å². The second kappa shape index (κ2) is 7.59. The zero-order valence-electron chi connectivity index (χ0n) is 14.8. The molecule has 0 spiro atoms. The van der Waals surface area contributed by atoms with Crippen LogP contribution in [-0.2, 0) is 6.42 Å². The van der Waals surface area contributed by atoms with Crippen LogP contribution in [0.25, 0.3) is 26.9 Å². The molecule has 1 heterocycles. The van der Waals surface area contributed by atoms with E-state index in [9.17, 15) is 4.39 Å². The molecule has 140 valence electrons. The van der Waals surface area contributed by atoms with Crippen LogP contribution in [0.15, 0.2) is 67.2 Å². The fourth-order valence-electron chi connectivity index (χ4n) is 3.26. The average Bonchev–Trinajstić information content (AvgIpc) is 3.05. The molecule has 3 aromatic carbocycles. The fourth-order valence-corrected chi connectivity index (χ4v) is 5.02. The molecular formula is C23H16Cl2FNS. The predicted octanol–water partition coefficient (Wildman–Crippen LogP) is 7.53. The van der Waals surface area contributed by atoms with Crippen LogP contribution in [0.1, 0.15) is 16.0 Å². The van der Waals surface area contributed by atoms with E-state index in [1.165, 1.54) is 12.1 Å². The number of halogens is 3. The highest BCUT2D eigenvalue weighted by molar-refractivity contribution is 7.19. The van der Waals surface area contributed by atoms with Gasteiger partial charge in [0.1, 0.15) is 5.82 Å². The van der Waals surface area contributed by atoms with E-state index < -0.39 is 0 Å². The molecule has 4 rings (SSSR count). The van der Waals surface area contributed by atoms with Crippen LogP contribution in [0.3, 0.4) is 0 Å². The predicted molar refractivity (Wildman–Crippen MR) is 120 cm³/mol. The maximum Gasteiger partial charge on any atom is 0.124 e. The summed E-state index contributed by atoms with van der Waals surface area (Å²) in [6, 6.07) is 18.6. The summed E-state index contributed by atoms with van der Waals surface area (Å²) in [5.41, 5.74) is 10.2. The molecule has 28 heavy (non-hydrogen) atoms. The summed E-state index contributed by atoms with van der Waals surface area (Å²) in [5.74, 6) is -0.332. The van der Waals surface area contributed by atoms with Crippen molar-refractivity contribution in [3.63, 3.8) is 0 Å². The van der Waals surface area contributed by atoms with Crippen molar-refractivity contribution >= 4 is 50.3 Å². The second-order valence-electron chi connectivity index (χ2n) is 6.61. The molecule has 0 saturated heterocycles. The normalized spacial score (nSPS) is 11.1.